The fraction of sp³-hybridized carbons (Fsp3) is 1.00. The minimum absolute atomic E-state index is 2.05. The Morgan fingerprint density at radius 1 is 1.14 bits per heavy atom. The average molecular weight is 248 g/mol. The molecule has 0 unspecified atom stereocenters. The molecule has 0 aliphatic rings. The highest BCUT2D eigenvalue weighted by molar-refractivity contribution is 7.87. The topological polar surface area (TPSA) is 63.6 Å². The summed E-state index contributed by atoms with van der Waals surface area (Å²) in [4.78, 5) is 0. The molecule has 0 aromatic rings. The van der Waals surface area contributed by atoms with Crippen molar-refractivity contribution in [2.75, 3.05) is 0 Å². The minimum Gasteiger partial charge on any atom is -0.235 e. The van der Waals surface area contributed by atoms with Gasteiger partial charge in [0.05, 0.1) is 0 Å². The van der Waals surface area contributed by atoms with E-state index >= 15 is 0 Å². The molecule has 0 bridgehead atoms. The van der Waals surface area contributed by atoms with Gasteiger partial charge in [0.25, 0.3) is 0 Å². The molecule has 0 aromatic heterocycles. The van der Waals surface area contributed by atoms with Crippen LogP contribution in [0.25, 0.3) is 0 Å². The van der Waals surface area contributed by atoms with Gasteiger partial charge in [-0.3, -0.25) is 0 Å². The molecular formula is C3H2F6O4S. The number of rotatable bonds is 4. The molecule has 0 amide bonds. The zero-order chi connectivity index (χ0) is 11.8. The fourth-order valence-corrected chi connectivity index (χ4v) is 0.857. The molecule has 0 radical (unpaired) electrons. The minimum atomic E-state index is -6.51. The van der Waals surface area contributed by atoms with E-state index in [-0.39, 0.29) is 0 Å². The maximum Gasteiger partial charge on any atom is 0.440 e. The van der Waals surface area contributed by atoms with Gasteiger partial charge in [0, 0.05) is 0 Å². The Balaban J connectivity index is 5.37. The third-order valence-electron chi connectivity index (χ3n) is 1.07. The quantitative estimate of drug-likeness (QED) is 0.462. The molecule has 1 N–H and O–H groups in total. The summed E-state index contributed by atoms with van der Waals surface area (Å²) < 4.78 is 92.7. The number of halogens is 6. The molecule has 0 fully saturated rings. The summed E-state index contributed by atoms with van der Waals surface area (Å²) in [5.41, 5.74) is 0. The van der Waals surface area contributed by atoms with Crippen molar-refractivity contribution in [1.29, 1.82) is 0 Å². The SMILES string of the molecule is O=S(=O)(OO)C(F)(F)C(F)(F)C(F)F. The molecule has 14 heavy (non-hydrogen) atoms. The third-order valence-corrected chi connectivity index (χ3v) is 2.17. The second-order valence-electron chi connectivity index (χ2n) is 1.97. The van der Waals surface area contributed by atoms with E-state index in [0.29, 0.717) is 0 Å². The Labute approximate surface area is 73.1 Å². The maximum absolute atomic E-state index is 12.1. The lowest BCUT2D eigenvalue weighted by atomic mass is 10.4. The van der Waals surface area contributed by atoms with Crippen LogP contribution >= 0.6 is 0 Å². The van der Waals surface area contributed by atoms with E-state index in [9.17, 15) is 34.8 Å². The fourth-order valence-electron chi connectivity index (χ4n) is 0.340. The zero-order valence-corrected chi connectivity index (χ0v) is 6.74. The molecule has 4 nitrogen and oxygen atoms in total. The first kappa shape index (κ1) is 13.4. The summed E-state index contributed by atoms with van der Waals surface area (Å²) in [5.74, 6) is -6.16. The predicted molar refractivity (Wildman–Crippen MR) is 28.5 cm³/mol. The van der Waals surface area contributed by atoms with Crippen molar-refractivity contribution in [3.05, 3.63) is 0 Å². The van der Waals surface area contributed by atoms with Crippen LogP contribution in [0.4, 0.5) is 26.3 Å². The van der Waals surface area contributed by atoms with Crippen LogP contribution in [0.1, 0.15) is 0 Å². The van der Waals surface area contributed by atoms with Gasteiger partial charge in [-0.15, -0.1) is 4.33 Å². The molecule has 0 heterocycles. The second-order valence-corrected chi connectivity index (χ2v) is 3.54. The highest BCUT2D eigenvalue weighted by Crippen LogP contribution is 2.43. The van der Waals surface area contributed by atoms with Crippen molar-refractivity contribution in [3.8, 4) is 0 Å². The van der Waals surface area contributed by atoms with Crippen LogP contribution in [-0.4, -0.2) is 31.3 Å². The van der Waals surface area contributed by atoms with Gasteiger partial charge < -0.3 is 0 Å². The number of alkyl halides is 6. The van der Waals surface area contributed by atoms with Crippen LogP contribution in [0.3, 0.4) is 0 Å². The van der Waals surface area contributed by atoms with E-state index in [2.05, 4.69) is 0 Å². The molecular weight excluding hydrogens is 246 g/mol. The van der Waals surface area contributed by atoms with Crippen molar-refractivity contribution < 1.29 is 44.4 Å². The van der Waals surface area contributed by atoms with Gasteiger partial charge in [-0.05, 0) is 0 Å². The van der Waals surface area contributed by atoms with Gasteiger partial charge >= 0.3 is 27.7 Å². The first-order chi connectivity index (χ1) is 6.00. The largest absolute Gasteiger partial charge is 0.440 e. The van der Waals surface area contributed by atoms with Gasteiger partial charge in [0.15, 0.2) is 0 Å². The summed E-state index contributed by atoms with van der Waals surface area (Å²) >= 11 is 0. The van der Waals surface area contributed by atoms with E-state index in [4.69, 9.17) is 5.26 Å². The number of hydrogen-bond acceptors (Lipinski definition) is 4. The van der Waals surface area contributed by atoms with Crippen LogP contribution in [0.2, 0.25) is 0 Å². The Hall–Kier alpha value is -0.550. The van der Waals surface area contributed by atoms with Crippen molar-refractivity contribution in [2.45, 2.75) is 17.6 Å². The summed E-state index contributed by atoms with van der Waals surface area (Å²) in [5, 5.41) is 1.11. The Morgan fingerprint density at radius 2 is 1.50 bits per heavy atom. The predicted octanol–water partition coefficient (Wildman–Crippen LogP) is 1.30. The lowest BCUT2D eigenvalue weighted by Crippen LogP contribution is -2.51. The monoisotopic (exact) mass is 248 g/mol. The number of hydrogen-bond donors (Lipinski definition) is 1. The molecule has 0 saturated carbocycles. The molecule has 0 aromatic carbocycles. The molecule has 11 heteroatoms. The van der Waals surface area contributed by atoms with E-state index in [0.717, 1.165) is 0 Å². The maximum atomic E-state index is 12.1. The van der Waals surface area contributed by atoms with Gasteiger partial charge in [-0.25, -0.2) is 14.0 Å². The van der Waals surface area contributed by atoms with Crippen LogP contribution in [0, 0.1) is 0 Å². The lowest BCUT2D eigenvalue weighted by Gasteiger charge is -2.23. The molecule has 0 atom stereocenters. The van der Waals surface area contributed by atoms with Crippen molar-refractivity contribution >= 4 is 10.1 Å². The Bertz CT molecular complexity index is 296. The highest BCUT2D eigenvalue weighted by Gasteiger charge is 2.72. The molecule has 0 spiro atoms. The molecule has 86 valence electrons. The summed E-state index contributed by atoms with van der Waals surface area (Å²) in [6.45, 7) is 0. The highest BCUT2D eigenvalue weighted by atomic mass is 32.2. The van der Waals surface area contributed by atoms with Gasteiger partial charge in [0.2, 0.25) is 0 Å². The van der Waals surface area contributed by atoms with E-state index in [1.807, 2.05) is 4.33 Å². The van der Waals surface area contributed by atoms with Crippen molar-refractivity contribution in [1.82, 2.24) is 0 Å². The first-order valence-electron chi connectivity index (χ1n) is 2.62. The first-order valence-corrected chi connectivity index (χ1v) is 4.03. The summed E-state index contributed by atoms with van der Waals surface area (Å²) in [6.07, 6.45) is -4.93. The van der Waals surface area contributed by atoms with Crippen molar-refractivity contribution in [3.63, 3.8) is 0 Å². The third kappa shape index (κ3) is 1.79. The smallest absolute Gasteiger partial charge is 0.235 e. The standard InChI is InChI=1S/C3H2F6O4S/c4-1(5)2(6,7)3(8,9)14(11,12)13-10/h1,10H. The summed E-state index contributed by atoms with van der Waals surface area (Å²) in [7, 11) is -6.51. The van der Waals surface area contributed by atoms with Crippen LogP contribution in [-0.2, 0) is 14.5 Å². The van der Waals surface area contributed by atoms with E-state index in [1.165, 1.54) is 0 Å². The van der Waals surface area contributed by atoms with Crippen LogP contribution < -0.4 is 0 Å². The lowest BCUT2D eigenvalue weighted by molar-refractivity contribution is -0.237. The second kappa shape index (κ2) is 3.55. The van der Waals surface area contributed by atoms with Crippen LogP contribution in [0.5, 0.6) is 0 Å². The Morgan fingerprint density at radius 3 is 1.71 bits per heavy atom. The van der Waals surface area contributed by atoms with E-state index < -0.39 is 27.7 Å². The average Bonchev–Trinajstić information content (AvgIpc) is 2.03. The van der Waals surface area contributed by atoms with Gasteiger partial charge in [0.1, 0.15) is 0 Å². The summed E-state index contributed by atoms with van der Waals surface area (Å²) in [6, 6.07) is 0. The van der Waals surface area contributed by atoms with Crippen LogP contribution in [0.15, 0.2) is 0 Å². The van der Waals surface area contributed by atoms with Gasteiger partial charge in [-0.2, -0.15) is 26.0 Å². The van der Waals surface area contributed by atoms with E-state index in [1.54, 1.807) is 0 Å². The normalized spacial score (nSPS) is 14.9. The molecule has 0 aliphatic carbocycles. The molecule has 0 rings (SSSR count). The zero-order valence-electron chi connectivity index (χ0n) is 5.93. The van der Waals surface area contributed by atoms with Crippen molar-refractivity contribution in [2.24, 2.45) is 0 Å². The molecule has 0 saturated heterocycles. The molecule has 0 aliphatic heterocycles. The Kier molecular flexibility index (Phi) is 3.41. The van der Waals surface area contributed by atoms with Gasteiger partial charge in [-0.1, -0.05) is 0 Å².